The lowest BCUT2D eigenvalue weighted by molar-refractivity contribution is 0.0191. The summed E-state index contributed by atoms with van der Waals surface area (Å²) in [6, 6.07) is 8.09. The fraction of sp³-hybridized carbons (Fsp3) is 0.350. The summed E-state index contributed by atoms with van der Waals surface area (Å²) in [6.07, 6.45) is 3.79. The number of rotatable bonds is 5. The van der Waals surface area contributed by atoms with Gasteiger partial charge in [-0.05, 0) is 31.2 Å². The molecule has 0 aliphatic rings. The molecule has 0 aliphatic carbocycles. The number of thioether (sulfide) groups is 1. The second-order valence-corrected chi connectivity index (χ2v) is 9.23. The summed E-state index contributed by atoms with van der Waals surface area (Å²) in [5.74, 6) is 0. The van der Waals surface area contributed by atoms with Crippen molar-refractivity contribution in [2.45, 2.75) is 30.3 Å². The number of hydrogen-bond donors (Lipinski definition) is 0. The summed E-state index contributed by atoms with van der Waals surface area (Å²) >= 11 is 3.21. The fourth-order valence-corrected chi connectivity index (χ4v) is 4.91. The molecule has 0 radical (unpaired) electrons. The van der Waals surface area contributed by atoms with Crippen molar-refractivity contribution in [2.24, 2.45) is 7.05 Å². The van der Waals surface area contributed by atoms with Crippen LogP contribution in [0, 0.1) is 0 Å². The molecule has 0 N–H and O–H groups in total. The Morgan fingerprint density at radius 3 is 2.82 bits per heavy atom. The smallest absolute Gasteiger partial charge is 0.291 e. The lowest BCUT2D eigenvalue weighted by Crippen LogP contribution is -2.25. The van der Waals surface area contributed by atoms with E-state index in [0.717, 1.165) is 31.2 Å². The third kappa shape index (κ3) is 3.05. The monoisotopic (exact) mass is 414 g/mol. The highest BCUT2D eigenvalue weighted by Crippen LogP contribution is 2.34. The molecular weight excluding hydrogens is 392 g/mol. The molecule has 0 bridgehead atoms. The van der Waals surface area contributed by atoms with E-state index in [9.17, 15) is 4.79 Å². The number of fused-ring (bicyclic) bond motifs is 3. The van der Waals surface area contributed by atoms with Gasteiger partial charge in [0.15, 0.2) is 9.99 Å². The van der Waals surface area contributed by atoms with Crippen LogP contribution in [-0.4, -0.2) is 32.7 Å². The number of thiazole rings is 1. The van der Waals surface area contributed by atoms with Crippen LogP contribution >= 0.6 is 23.1 Å². The van der Waals surface area contributed by atoms with Gasteiger partial charge in [-0.3, -0.25) is 4.79 Å². The van der Waals surface area contributed by atoms with Gasteiger partial charge in [0.05, 0.1) is 23.0 Å². The van der Waals surface area contributed by atoms with Crippen LogP contribution in [0.25, 0.3) is 21.3 Å². The molecule has 3 aromatic heterocycles. The standard InChI is InChI=1S/C20H22N4O2S2/c1-20(2,26-4)13-8-6-7-12(9-13)11-24-18(25)15-14(10-21-24)16-17(23(15)3)22-19(27-5)28-16/h6-10H,11H2,1-5H3. The molecule has 4 rings (SSSR count). The number of benzene rings is 1. The Hall–Kier alpha value is -2.16. The van der Waals surface area contributed by atoms with Gasteiger partial charge in [0, 0.05) is 19.5 Å². The van der Waals surface area contributed by atoms with Gasteiger partial charge in [-0.2, -0.15) is 5.10 Å². The Morgan fingerprint density at radius 1 is 1.32 bits per heavy atom. The third-order valence-electron chi connectivity index (χ3n) is 5.15. The van der Waals surface area contributed by atoms with Crippen molar-refractivity contribution in [2.75, 3.05) is 13.4 Å². The molecule has 4 aromatic rings. The minimum absolute atomic E-state index is 0.104. The molecule has 0 saturated heterocycles. The average Bonchev–Trinajstić information content (AvgIpc) is 3.23. The highest BCUT2D eigenvalue weighted by molar-refractivity contribution is 8.00. The molecule has 3 heterocycles. The Bertz CT molecular complexity index is 1240. The predicted octanol–water partition coefficient (Wildman–Crippen LogP) is 4.00. The van der Waals surface area contributed by atoms with Crippen molar-refractivity contribution in [3.8, 4) is 0 Å². The zero-order chi connectivity index (χ0) is 20.1. The van der Waals surface area contributed by atoms with Crippen molar-refractivity contribution in [3.63, 3.8) is 0 Å². The van der Waals surface area contributed by atoms with Crippen LogP contribution in [0.1, 0.15) is 25.0 Å². The van der Waals surface area contributed by atoms with Gasteiger partial charge in [0.2, 0.25) is 0 Å². The quantitative estimate of drug-likeness (QED) is 0.462. The minimum atomic E-state index is -0.387. The maximum atomic E-state index is 13.1. The molecule has 0 saturated carbocycles. The highest BCUT2D eigenvalue weighted by atomic mass is 32.2. The maximum absolute atomic E-state index is 13.1. The first kappa shape index (κ1) is 19.2. The van der Waals surface area contributed by atoms with Crippen molar-refractivity contribution in [1.82, 2.24) is 19.3 Å². The molecule has 6 nitrogen and oxygen atoms in total. The van der Waals surface area contributed by atoms with Gasteiger partial charge in [-0.1, -0.05) is 36.0 Å². The highest BCUT2D eigenvalue weighted by Gasteiger charge is 2.20. The third-order valence-corrected chi connectivity index (χ3v) is 7.21. The number of methoxy groups -OCH3 is 1. The first-order valence-corrected chi connectivity index (χ1v) is 10.9. The summed E-state index contributed by atoms with van der Waals surface area (Å²) in [5, 5.41) is 5.31. The van der Waals surface area contributed by atoms with Gasteiger partial charge in [0.25, 0.3) is 5.56 Å². The summed E-state index contributed by atoms with van der Waals surface area (Å²) in [7, 11) is 3.59. The van der Waals surface area contributed by atoms with Crippen LogP contribution in [0.2, 0.25) is 0 Å². The Labute approximate surface area is 171 Å². The zero-order valence-corrected chi connectivity index (χ0v) is 18.1. The van der Waals surface area contributed by atoms with Crippen molar-refractivity contribution in [1.29, 1.82) is 0 Å². The van der Waals surface area contributed by atoms with Crippen LogP contribution < -0.4 is 5.56 Å². The van der Waals surface area contributed by atoms with Crippen LogP contribution in [0.5, 0.6) is 0 Å². The van der Waals surface area contributed by atoms with Crippen molar-refractivity contribution < 1.29 is 4.74 Å². The number of ether oxygens (including phenoxy) is 1. The molecule has 0 fully saturated rings. The fourth-order valence-electron chi connectivity index (χ4n) is 3.31. The maximum Gasteiger partial charge on any atom is 0.291 e. The topological polar surface area (TPSA) is 61.9 Å². The number of hydrogen-bond acceptors (Lipinski definition) is 6. The van der Waals surface area contributed by atoms with Crippen LogP contribution in [0.4, 0.5) is 0 Å². The minimum Gasteiger partial charge on any atom is -0.374 e. The van der Waals surface area contributed by atoms with Crippen LogP contribution in [0.3, 0.4) is 0 Å². The normalized spacial score (nSPS) is 12.3. The van der Waals surface area contributed by atoms with Crippen LogP contribution in [-0.2, 0) is 23.9 Å². The van der Waals surface area contributed by atoms with Gasteiger partial charge in [-0.15, -0.1) is 11.3 Å². The summed E-state index contributed by atoms with van der Waals surface area (Å²) in [5.41, 5.74) is 3.06. The molecule has 28 heavy (non-hydrogen) atoms. The van der Waals surface area contributed by atoms with E-state index in [1.54, 1.807) is 36.4 Å². The van der Waals surface area contributed by atoms with E-state index >= 15 is 0 Å². The van der Waals surface area contributed by atoms with E-state index in [4.69, 9.17) is 4.74 Å². The van der Waals surface area contributed by atoms with E-state index in [1.807, 2.05) is 49.9 Å². The lowest BCUT2D eigenvalue weighted by Gasteiger charge is -2.24. The lowest BCUT2D eigenvalue weighted by atomic mass is 9.96. The Kier molecular flexibility index (Phi) is 4.81. The van der Waals surface area contributed by atoms with Gasteiger partial charge in [-0.25, -0.2) is 9.67 Å². The van der Waals surface area contributed by atoms with Gasteiger partial charge in [0.1, 0.15) is 5.52 Å². The van der Waals surface area contributed by atoms with Crippen molar-refractivity contribution in [3.05, 3.63) is 51.9 Å². The average molecular weight is 415 g/mol. The first-order valence-electron chi connectivity index (χ1n) is 8.89. The van der Waals surface area contributed by atoms with Crippen LogP contribution in [0.15, 0.2) is 39.6 Å². The van der Waals surface area contributed by atoms with Gasteiger partial charge >= 0.3 is 0 Å². The molecule has 1 aromatic carbocycles. The predicted molar refractivity (Wildman–Crippen MR) is 116 cm³/mol. The summed E-state index contributed by atoms with van der Waals surface area (Å²) < 4.78 is 11.0. The SMILES string of the molecule is COC(C)(C)c1cccc(Cn2ncc3c4sc(SC)nc4n(C)c3c2=O)c1. The number of aryl methyl sites for hydroxylation is 1. The molecule has 0 spiro atoms. The second-order valence-electron chi connectivity index (χ2n) is 7.18. The molecular formula is C20H22N4O2S2. The molecule has 146 valence electrons. The van der Waals surface area contributed by atoms with Gasteiger partial charge < -0.3 is 9.30 Å². The van der Waals surface area contributed by atoms with E-state index in [0.29, 0.717) is 12.1 Å². The second kappa shape index (κ2) is 7.02. The molecule has 0 amide bonds. The molecule has 0 atom stereocenters. The Morgan fingerprint density at radius 2 is 2.11 bits per heavy atom. The molecule has 0 unspecified atom stereocenters. The number of nitrogens with zero attached hydrogens (tertiary/aromatic N) is 4. The molecule has 0 aliphatic heterocycles. The summed E-state index contributed by atoms with van der Waals surface area (Å²) in [6.45, 7) is 4.45. The van der Waals surface area contributed by atoms with Crippen molar-refractivity contribution >= 4 is 44.3 Å². The zero-order valence-electron chi connectivity index (χ0n) is 16.5. The number of aromatic nitrogens is 4. The molecule has 8 heteroatoms. The van der Waals surface area contributed by atoms with E-state index < -0.39 is 0 Å². The summed E-state index contributed by atoms with van der Waals surface area (Å²) in [4.78, 5) is 17.8. The Balaban J connectivity index is 1.79. The largest absolute Gasteiger partial charge is 0.374 e. The van der Waals surface area contributed by atoms with E-state index in [1.165, 1.54) is 4.68 Å². The van der Waals surface area contributed by atoms with E-state index in [2.05, 4.69) is 16.1 Å². The first-order chi connectivity index (χ1) is 13.4. The van der Waals surface area contributed by atoms with E-state index in [-0.39, 0.29) is 11.2 Å².